The van der Waals surface area contributed by atoms with E-state index in [9.17, 15) is 9.90 Å². The highest BCUT2D eigenvalue weighted by Gasteiger charge is 2.42. The lowest BCUT2D eigenvalue weighted by atomic mass is 10.1. The summed E-state index contributed by atoms with van der Waals surface area (Å²) in [7, 11) is -1.28. The number of carbonyl (C=O) groups excluding carboxylic acids is 1. The van der Waals surface area contributed by atoms with E-state index in [1.165, 1.54) is 0 Å². The van der Waals surface area contributed by atoms with E-state index >= 15 is 0 Å². The lowest BCUT2D eigenvalue weighted by Gasteiger charge is -2.28. The first-order chi connectivity index (χ1) is 18.3. The predicted molar refractivity (Wildman–Crippen MR) is 159 cm³/mol. The van der Waals surface area contributed by atoms with Gasteiger partial charge in [0.1, 0.15) is 18.2 Å². The summed E-state index contributed by atoms with van der Waals surface area (Å²) in [6.07, 6.45) is 0.707. The molecule has 3 N–H and O–H groups in total. The van der Waals surface area contributed by atoms with E-state index in [2.05, 4.69) is 35.6 Å². The summed E-state index contributed by atoms with van der Waals surface area (Å²) in [6.45, 7) is 14.6. The maximum absolute atomic E-state index is 13.4. The summed E-state index contributed by atoms with van der Waals surface area (Å²) < 4.78 is 20.9. The highest BCUT2D eigenvalue weighted by molar-refractivity contribution is 9.10. The summed E-state index contributed by atoms with van der Waals surface area (Å²) in [6, 6.07) is 8.44. The standard InChI is InChI=1S/C28H45BrN4O5Si/c1-28(2,3)38-27(35)32-17-22(37-13-7-12-30)16-23(32)26-31-25(20-8-10-21(29)11-9-20)24(18-34)33(26)19-36-14-15-39(4,5)6/h8-11,22-23,34H,7,12-19,30H2,1-6H3. The molecule has 1 fully saturated rings. The van der Waals surface area contributed by atoms with E-state index in [4.69, 9.17) is 24.9 Å². The molecule has 2 aromatic rings. The van der Waals surface area contributed by atoms with Crippen molar-refractivity contribution in [3.8, 4) is 11.3 Å². The minimum Gasteiger partial charge on any atom is -0.444 e. The molecule has 2 unspecified atom stereocenters. The van der Waals surface area contributed by atoms with Gasteiger partial charge in [-0.15, -0.1) is 0 Å². The van der Waals surface area contributed by atoms with Crippen molar-refractivity contribution in [2.24, 2.45) is 5.73 Å². The summed E-state index contributed by atoms with van der Waals surface area (Å²) >= 11 is 3.49. The Balaban J connectivity index is 2.02. The maximum Gasteiger partial charge on any atom is 0.411 e. The molecule has 218 valence electrons. The van der Waals surface area contributed by atoms with Crippen LogP contribution in [-0.4, -0.2) is 71.7 Å². The number of aromatic nitrogens is 2. The van der Waals surface area contributed by atoms with Gasteiger partial charge in [0.05, 0.1) is 36.7 Å². The van der Waals surface area contributed by atoms with Crippen LogP contribution < -0.4 is 5.73 Å². The molecule has 0 bridgehead atoms. The largest absolute Gasteiger partial charge is 0.444 e. The Morgan fingerprint density at radius 2 is 1.90 bits per heavy atom. The Morgan fingerprint density at radius 1 is 1.21 bits per heavy atom. The molecule has 1 amide bonds. The smallest absolute Gasteiger partial charge is 0.411 e. The topological polar surface area (TPSA) is 112 Å². The third-order valence-electron chi connectivity index (χ3n) is 6.48. The van der Waals surface area contributed by atoms with E-state index in [-0.39, 0.29) is 19.4 Å². The Hall–Kier alpha value is -1.76. The van der Waals surface area contributed by atoms with Crippen LogP contribution in [0.1, 0.15) is 51.2 Å². The zero-order valence-corrected chi connectivity index (χ0v) is 26.8. The number of benzene rings is 1. The number of carbonyl (C=O) groups is 1. The highest BCUT2D eigenvalue weighted by atomic mass is 79.9. The van der Waals surface area contributed by atoms with Gasteiger partial charge in [-0.2, -0.15) is 0 Å². The normalized spacial score (nSPS) is 18.1. The average Bonchev–Trinajstić information content (AvgIpc) is 3.42. The van der Waals surface area contributed by atoms with Crippen molar-refractivity contribution < 1.29 is 24.1 Å². The van der Waals surface area contributed by atoms with Gasteiger partial charge in [0.2, 0.25) is 0 Å². The van der Waals surface area contributed by atoms with Gasteiger partial charge < -0.3 is 29.6 Å². The summed E-state index contributed by atoms with van der Waals surface area (Å²) in [5.74, 6) is 0.653. The number of ether oxygens (including phenoxy) is 3. The molecule has 0 saturated carbocycles. The molecule has 39 heavy (non-hydrogen) atoms. The van der Waals surface area contributed by atoms with Crippen LogP contribution in [0.15, 0.2) is 28.7 Å². The lowest BCUT2D eigenvalue weighted by molar-refractivity contribution is 0.0152. The summed E-state index contributed by atoms with van der Waals surface area (Å²) in [4.78, 5) is 20.1. The van der Waals surface area contributed by atoms with E-state index < -0.39 is 25.8 Å². The van der Waals surface area contributed by atoms with Crippen LogP contribution in [0.5, 0.6) is 0 Å². The number of aliphatic hydroxyl groups is 1. The van der Waals surface area contributed by atoms with Gasteiger partial charge in [0, 0.05) is 37.7 Å². The molecule has 3 rings (SSSR count). The number of likely N-dealkylation sites (tertiary alicyclic amines) is 1. The Morgan fingerprint density at radius 3 is 2.49 bits per heavy atom. The van der Waals surface area contributed by atoms with Crippen LogP contribution in [0.2, 0.25) is 25.7 Å². The Labute approximate surface area is 242 Å². The minimum atomic E-state index is -1.28. The molecule has 0 spiro atoms. The van der Waals surface area contributed by atoms with E-state index in [0.29, 0.717) is 49.9 Å². The monoisotopic (exact) mass is 624 g/mol. The fraction of sp³-hybridized carbons (Fsp3) is 0.643. The zero-order valence-electron chi connectivity index (χ0n) is 24.2. The highest BCUT2D eigenvalue weighted by Crippen LogP contribution is 2.37. The first-order valence-electron chi connectivity index (χ1n) is 13.7. The predicted octanol–water partition coefficient (Wildman–Crippen LogP) is 5.53. The zero-order chi connectivity index (χ0) is 28.8. The SMILES string of the molecule is CC(C)(C)OC(=O)N1CC(OCCCN)CC1c1nc(-c2ccc(Br)cc2)c(CO)n1COCC[Si](C)(C)C. The molecular weight excluding hydrogens is 580 g/mol. The van der Waals surface area contributed by atoms with Crippen LogP contribution in [0.4, 0.5) is 4.79 Å². The van der Waals surface area contributed by atoms with Crippen molar-refractivity contribution in [1.82, 2.24) is 14.5 Å². The number of nitrogens with two attached hydrogens (primary N) is 1. The molecule has 0 aliphatic carbocycles. The Kier molecular flexibility index (Phi) is 11.2. The van der Waals surface area contributed by atoms with Gasteiger partial charge in [-0.25, -0.2) is 9.78 Å². The van der Waals surface area contributed by atoms with Crippen molar-refractivity contribution in [3.63, 3.8) is 0 Å². The van der Waals surface area contributed by atoms with Crippen LogP contribution in [0, 0.1) is 0 Å². The van der Waals surface area contributed by atoms with Crippen LogP contribution in [0.25, 0.3) is 11.3 Å². The van der Waals surface area contributed by atoms with Crippen molar-refractivity contribution in [3.05, 3.63) is 40.3 Å². The fourth-order valence-electron chi connectivity index (χ4n) is 4.46. The average molecular weight is 626 g/mol. The lowest BCUT2D eigenvalue weighted by Crippen LogP contribution is -2.38. The van der Waals surface area contributed by atoms with Gasteiger partial charge in [0.15, 0.2) is 0 Å². The van der Waals surface area contributed by atoms with Crippen LogP contribution >= 0.6 is 15.9 Å². The number of hydrogen-bond donors (Lipinski definition) is 2. The van der Waals surface area contributed by atoms with E-state index in [0.717, 1.165) is 22.5 Å². The number of aliphatic hydroxyl groups excluding tert-OH is 1. The Bertz CT molecular complexity index is 1080. The molecule has 2 heterocycles. The van der Waals surface area contributed by atoms with Gasteiger partial charge in [-0.1, -0.05) is 47.7 Å². The second-order valence-electron chi connectivity index (χ2n) is 12.2. The molecule has 1 aromatic heterocycles. The molecule has 9 nitrogen and oxygen atoms in total. The third-order valence-corrected chi connectivity index (χ3v) is 8.71. The third kappa shape index (κ3) is 9.12. The summed E-state index contributed by atoms with van der Waals surface area (Å²) in [5, 5.41) is 10.5. The van der Waals surface area contributed by atoms with Crippen molar-refractivity contribution in [2.75, 3.05) is 26.3 Å². The first-order valence-corrected chi connectivity index (χ1v) is 18.2. The van der Waals surface area contributed by atoms with Gasteiger partial charge >= 0.3 is 6.09 Å². The molecule has 11 heteroatoms. The molecule has 1 aliphatic rings. The van der Waals surface area contributed by atoms with Gasteiger partial charge in [-0.05, 0) is 51.9 Å². The number of rotatable bonds is 12. The number of nitrogens with zero attached hydrogens (tertiary/aromatic N) is 3. The van der Waals surface area contributed by atoms with Crippen LogP contribution in [-0.2, 0) is 27.5 Å². The van der Waals surface area contributed by atoms with E-state index in [1.54, 1.807) is 4.90 Å². The van der Waals surface area contributed by atoms with Crippen molar-refractivity contribution >= 4 is 30.1 Å². The molecular formula is C28H45BrN4O5Si. The second-order valence-corrected chi connectivity index (χ2v) is 18.8. The van der Waals surface area contributed by atoms with Gasteiger partial charge in [-0.3, -0.25) is 4.90 Å². The number of halogens is 1. The molecule has 0 radical (unpaired) electrons. The van der Waals surface area contributed by atoms with Crippen molar-refractivity contribution in [2.45, 2.75) is 90.4 Å². The number of amides is 1. The quantitative estimate of drug-likeness (QED) is 0.236. The number of hydrogen-bond acceptors (Lipinski definition) is 7. The van der Waals surface area contributed by atoms with Crippen molar-refractivity contribution in [1.29, 1.82) is 0 Å². The molecule has 1 aliphatic heterocycles. The van der Waals surface area contributed by atoms with Gasteiger partial charge in [0.25, 0.3) is 0 Å². The second kappa shape index (κ2) is 13.7. The van der Waals surface area contributed by atoms with E-state index in [1.807, 2.05) is 49.6 Å². The minimum absolute atomic E-state index is 0.180. The summed E-state index contributed by atoms with van der Waals surface area (Å²) in [5.41, 5.74) is 7.22. The molecule has 1 saturated heterocycles. The number of imidazole rings is 1. The maximum atomic E-state index is 13.4. The van der Waals surface area contributed by atoms with Crippen LogP contribution in [0.3, 0.4) is 0 Å². The fourth-order valence-corrected chi connectivity index (χ4v) is 5.48. The molecule has 2 atom stereocenters. The molecule has 1 aromatic carbocycles. The first kappa shape index (κ1) is 31.8.